The first-order valence-corrected chi connectivity index (χ1v) is 9.19. The third-order valence-corrected chi connectivity index (χ3v) is 7.38. The van der Waals surface area contributed by atoms with Crippen LogP contribution < -0.4 is 10.2 Å². The molecule has 0 aromatic carbocycles. The van der Waals surface area contributed by atoms with E-state index in [0.29, 0.717) is 0 Å². The van der Waals surface area contributed by atoms with Crippen LogP contribution in [0.15, 0.2) is 0 Å². The van der Waals surface area contributed by atoms with Gasteiger partial charge in [0, 0.05) is 0 Å². The van der Waals surface area contributed by atoms with Crippen LogP contribution in [0, 0.1) is 0 Å². The summed E-state index contributed by atoms with van der Waals surface area (Å²) in [6.07, 6.45) is 0. The number of rotatable bonds is 5. The molecule has 1 rings (SSSR count). The predicted molar refractivity (Wildman–Crippen MR) is 56.2 cm³/mol. The van der Waals surface area contributed by atoms with Gasteiger partial charge >= 0.3 is 95.5 Å². The molecule has 0 radical (unpaired) electrons. The van der Waals surface area contributed by atoms with Crippen molar-refractivity contribution in [3.8, 4) is 0 Å². The fraction of sp³-hybridized carbons (Fsp3) is 1.00. The van der Waals surface area contributed by atoms with E-state index in [1.54, 1.807) is 0 Å². The van der Waals surface area contributed by atoms with Crippen LogP contribution in [-0.2, 0) is 22.3 Å². The van der Waals surface area contributed by atoms with E-state index in [4.69, 9.17) is 9.79 Å². The Kier molecular flexibility index (Phi) is 4.19. The van der Waals surface area contributed by atoms with E-state index < -0.39 is 23.2 Å². The number of nitrogens with one attached hydrogen (secondary N) is 2. The zero-order valence-electron chi connectivity index (χ0n) is 8.59. The summed E-state index contributed by atoms with van der Waals surface area (Å²) in [6, 6.07) is 0. The van der Waals surface area contributed by atoms with Crippen LogP contribution in [0.1, 0.15) is 0 Å². The Morgan fingerprint density at radius 2 is 1.59 bits per heavy atom. The van der Waals surface area contributed by atoms with E-state index >= 15 is 0 Å². The molecule has 1 heterocycles. The molecule has 0 bridgehead atoms. The normalized spacial score (nSPS) is 31.9. The molecule has 0 amide bonds. The Labute approximate surface area is 96.2 Å². The van der Waals surface area contributed by atoms with Gasteiger partial charge < -0.3 is 0 Å². The summed E-state index contributed by atoms with van der Waals surface area (Å²) in [7, 11) is -14.5. The first-order valence-electron chi connectivity index (χ1n) is 4.14. The Morgan fingerprint density at radius 1 is 1.12 bits per heavy atom. The van der Waals surface area contributed by atoms with Crippen LogP contribution in [0.4, 0.5) is 0 Å². The van der Waals surface area contributed by atoms with Crippen molar-refractivity contribution in [1.82, 2.24) is 10.2 Å². The van der Waals surface area contributed by atoms with Gasteiger partial charge in [-0.25, -0.2) is 0 Å². The Hall–Kier alpha value is 0.530. The van der Waals surface area contributed by atoms with Crippen molar-refractivity contribution in [2.45, 2.75) is 0 Å². The van der Waals surface area contributed by atoms with Gasteiger partial charge in [-0.2, -0.15) is 0 Å². The molecule has 0 aliphatic carbocycles. The zero-order chi connectivity index (χ0) is 13.4. The molecule has 1 fully saturated rings. The molecule has 0 saturated carbocycles. The Balaban J connectivity index is 2.80. The second kappa shape index (κ2) is 4.57. The Morgan fingerprint density at radius 3 is 2.00 bits per heavy atom. The number of phosphoric ester groups is 1. The first-order chi connectivity index (χ1) is 7.46. The van der Waals surface area contributed by atoms with Crippen LogP contribution in [0.25, 0.3) is 0 Å². The van der Waals surface area contributed by atoms with Crippen molar-refractivity contribution in [2.75, 3.05) is 20.2 Å². The number of phosphoric acid groups is 2. The number of hydrogen-bond donors (Lipinski definition) is 6. The van der Waals surface area contributed by atoms with Gasteiger partial charge in [-0.05, 0) is 0 Å². The van der Waals surface area contributed by atoms with Crippen LogP contribution in [0.3, 0.4) is 0 Å². The van der Waals surface area contributed by atoms with Crippen LogP contribution in [-0.4, -0.2) is 39.8 Å². The summed E-state index contributed by atoms with van der Waals surface area (Å²) in [5, 5.41) is 4.11. The van der Waals surface area contributed by atoms with E-state index in [1.165, 1.54) is 0 Å². The molecular formula is C3H13N2O9P3. The molecule has 0 aromatic heterocycles. The minimum absolute atomic E-state index is 0.0614. The predicted octanol–water partition coefficient (Wildman–Crippen LogP) is -0.828. The van der Waals surface area contributed by atoms with E-state index in [9.17, 15) is 18.9 Å². The summed E-state index contributed by atoms with van der Waals surface area (Å²) in [6.45, 7) is 0.123. The summed E-state index contributed by atoms with van der Waals surface area (Å²) in [4.78, 5) is 37.1. The molecule has 1 aliphatic heterocycles. The van der Waals surface area contributed by atoms with Gasteiger partial charge in [0.2, 0.25) is 0 Å². The molecule has 17 heavy (non-hydrogen) atoms. The van der Waals surface area contributed by atoms with Gasteiger partial charge in [0.05, 0.1) is 0 Å². The summed E-state index contributed by atoms with van der Waals surface area (Å²) >= 11 is 0. The second-order valence-corrected chi connectivity index (χ2v) is 9.12. The zero-order valence-corrected chi connectivity index (χ0v) is 11.3. The molecule has 14 heteroatoms. The number of hydrogen-bond acceptors (Lipinski definition) is 9. The molecule has 104 valence electrons. The second-order valence-electron chi connectivity index (χ2n) is 3.05. The van der Waals surface area contributed by atoms with Crippen LogP contribution in [0.5, 0.6) is 0 Å². The van der Waals surface area contributed by atoms with Crippen molar-refractivity contribution in [3.05, 3.63) is 0 Å². The Bertz CT molecular complexity index is 387. The molecule has 1 aliphatic rings. The van der Waals surface area contributed by atoms with E-state index in [-0.39, 0.29) is 13.1 Å². The molecule has 6 N–H and O–H groups in total. The molecule has 1 saturated heterocycles. The van der Waals surface area contributed by atoms with Gasteiger partial charge in [0.1, 0.15) is 0 Å². The van der Waals surface area contributed by atoms with Gasteiger partial charge in [-0.1, -0.05) is 0 Å². The molecule has 2 atom stereocenters. The maximum absolute atomic E-state index is 11.3. The van der Waals surface area contributed by atoms with E-state index in [1.807, 2.05) is 0 Å². The molecule has 11 nitrogen and oxygen atoms in total. The molecule has 2 unspecified atom stereocenters. The summed E-state index contributed by atoms with van der Waals surface area (Å²) in [5.74, 6) is 0. The first kappa shape index (κ1) is 15.6. The van der Waals surface area contributed by atoms with Crippen LogP contribution in [0.2, 0.25) is 0 Å². The van der Waals surface area contributed by atoms with E-state index in [0.717, 1.165) is 7.11 Å². The third-order valence-electron chi connectivity index (χ3n) is 1.61. The van der Waals surface area contributed by atoms with Gasteiger partial charge in [-0.3, -0.25) is 0 Å². The van der Waals surface area contributed by atoms with Crippen molar-refractivity contribution < 1.29 is 41.8 Å². The fourth-order valence-electron chi connectivity index (χ4n) is 1.00. The third kappa shape index (κ3) is 4.60. The van der Waals surface area contributed by atoms with Crippen molar-refractivity contribution >= 4 is 23.2 Å². The minimum atomic E-state index is -5.23. The summed E-state index contributed by atoms with van der Waals surface area (Å²) in [5.41, 5.74) is 0. The average molecular weight is 314 g/mol. The summed E-state index contributed by atoms with van der Waals surface area (Å²) < 4.78 is 34.0. The monoisotopic (exact) mass is 314 g/mol. The molecule has 0 spiro atoms. The van der Waals surface area contributed by atoms with Gasteiger partial charge in [-0.15, -0.1) is 0 Å². The van der Waals surface area contributed by atoms with Crippen molar-refractivity contribution in [3.63, 3.8) is 0 Å². The van der Waals surface area contributed by atoms with Crippen LogP contribution >= 0.6 is 23.2 Å². The standard InChI is InChI=1S/C3H13N2O9P3/c1-12-15(6,7)13-16(8,9)14-17(10,11)4-2-3-5-17/h4-5,10-11H,2-3H2,1H3,(H,6,7)(H,8,9). The van der Waals surface area contributed by atoms with Gasteiger partial charge in [0.25, 0.3) is 0 Å². The SMILES string of the molecule is COP(=O)(O)OP(=O)(O)OP1(O)(O)NCCN1. The molecule has 0 aromatic rings. The van der Waals surface area contributed by atoms with Crippen molar-refractivity contribution in [2.24, 2.45) is 0 Å². The fourth-order valence-corrected chi connectivity index (χ4v) is 5.87. The van der Waals surface area contributed by atoms with Gasteiger partial charge in [0.15, 0.2) is 0 Å². The topological polar surface area (TPSA) is 167 Å². The van der Waals surface area contributed by atoms with Crippen molar-refractivity contribution in [1.29, 1.82) is 0 Å². The average Bonchev–Trinajstić information content (AvgIpc) is 2.43. The quantitative estimate of drug-likeness (QED) is 0.350. The van der Waals surface area contributed by atoms with E-state index in [2.05, 4.69) is 23.3 Å². The maximum atomic E-state index is 11.3. The molecular weight excluding hydrogens is 301 g/mol.